The second-order valence-corrected chi connectivity index (χ2v) is 7.09. The maximum Gasteiger partial charge on any atom is 0.231 e. The predicted molar refractivity (Wildman–Crippen MR) is 87.8 cm³/mol. The lowest BCUT2D eigenvalue weighted by Gasteiger charge is -2.23. The average Bonchev–Trinajstić information content (AvgIpc) is 2.79. The topological polar surface area (TPSA) is 30.5 Å². The monoisotopic (exact) mass is 353 g/mol. The van der Waals surface area contributed by atoms with Crippen molar-refractivity contribution in [2.45, 2.75) is 58.0 Å². The van der Waals surface area contributed by atoms with Gasteiger partial charge in [-0.25, -0.2) is 0 Å². The lowest BCUT2D eigenvalue weighted by Crippen LogP contribution is -2.32. The molecular formula is C17H24BrNO2. The summed E-state index contributed by atoms with van der Waals surface area (Å²) in [6.07, 6.45) is 8.37. The number of hydrogen-bond donors (Lipinski definition) is 1. The molecule has 0 bridgehead atoms. The fourth-order valence-corrected chi connectivity index (χ4v) is 3.98. The summed E-state index contributed by atoms with van der Waals surface area (Å²) in [5.74, 6) is 2.50. The Bertz CT molecular complexity index is 484. The van der Waals surface area contributed by atoms with E-state index in [1.165, 1.54) is 44.1 Å². The third-order valence-corrected chi connectivity index (χ3v) is 5.31. The van der Waals surface area contributed by atoms with Crippen LogP contribution in [0.4, 0.5) is 0 Å². The van der Waals surface area contributed by atoms with Gasteiger partial charge in [0, 0.05) is 12.6 Å². The van der Waals surface area contributed by atoms with Crippen LogP contribution in [-0.4, -0.2) is 12.8 Å². The summed E-state index contributed by atoms with van der Waals surface area (Å²) in [6, 6.07) is 4.78. The van der Waals surface area contributed by atoms with Crippen LogP contribution in [0.1, 0.15) is 51.0 Å². The molecule has 1 aromatic carbocycles. The first-order valence-corrected chi connectivity index (χ1v) is 8.85. The van der Waals surface area contributed by atoms with Crippen LogP contribution in [-0.2, 0) is 6.54 Å². The van der Waals surface area contributed by atoms with Crippen molar-refractivity contribution in [1.82, 2.24) is 5.32 Å². The van der Waals surface area contributed by atoms with E-state index in [0.717, 1.165) is 28.4 Å². The minimum atomic E-state index is 0.323. The quantitative estimate of drug-likeness (QED) is 0.800. The molecule has 3 nitrogen and oxygen atoms in total. The van der Waals surface area contributed by atoms with Crippen molar-refractivity contribution >= 4 is 15.9 Å². The molecule has 4 heteroatoms. The first kappa shape index (κ1) is 15.2. The minimum Gasteiger partial charge on any atom is -0.454 e. The number of fused-ring (bicyclic) bond motifs is 1. The van der Waals surface area contributed by atoms with Gasteiger partial charge in [-0.15, -0.1) is 0 Å². The Morgan fingerprint density at radius 3 is 2.71 bits per heavy atom. The van der Waals surface area contributed by atoms with Crippen molar-refractivity contribution in [1.29, 1.82) is 0 Å². The number of halogens is 1. The smallest absolute Gasteiger partial charge is 0.231 e. The first-order valence-electron chi connectivity index (χ1n) is 8.05. The van der Waals surface area contributed by atoms with Crippen molar-refractivity contribution in [3.8, 4) is 11.5 Å². The predicted octanol–water partition coefficient (Wildman–Crippen LogP) is 4.63. The van der Waals surface area contributed by atoms with Gasteiger partial charge < -0.3 is 14.8 Å². The lowest BCUT2D eigenvalue weighted by atomic mass is 9.93. The highest BCUT2D eigenvalue weighted by molar-refractivity contribution is 9.10. The summed E-state index contributed by atoms with van der Waals surface area (Å²) in [6.45, 7) is 3.54. The molecule has 0 saturated heterocycles. The maximum absolute atomic E-state index is 5.48. The van der Waals surface area contributed by atoms with E-state index >= 15 is 0 Å². The van der Waals surface area contributed by atoms with E-state index in [4.69, 9.17) is 9.47 Å². The zero-order valence-corrected chi connectivity index (χ0v) is 14.2. The van der Waals surface area contributed by atoms with E-state index in [2.05, 4.69) is 40.3 Å². The molecule has 21 heavy (non-hydrogen) atoms. The number of nitrogens with one attached hydrogen (secondary N) is 1. The molecule has 0 radical (unpaired) electrons. The van der Waals surface area contributed by atoms with Crippen LogP contribution >= 0.6 is 15.9 Å². The molecule has 1 aromatic rings. The summed E-state index contributed by atoms with van der Waals surface area (Å²) in [5, 5.41) is 3.70. The van der Waals surface area contributed by atoms with Crippen LogP contribution in [0, 0.1) is 5.92 Å². The van der Waals surface area contributed by atoms with E-state index in [9.17, 15) is 0 Å². The Labute approximate surface area is 135 Å². The van der Waals surface area contributed by atoms with Crippen molar-refractivity contribution in [2.24, 2.45) is 5.92 Å². The molecule has 1 N–H and O–H groups in total. The lowest BCUT2D eigenvalue weighted by molar-refractivity contribution is 0.173. The third kappa shape index (κ3) is 3.72. The van der Waals surface area contributed by atoms with Gasteiger partial charge in [0.1, 0.15) is 0 Å². The molecule has 2 aliphatic rings. The Kier molecular flexibility index (Phi) is 5.07. The van der Waals surface area contributed by atoms with Gasteiger partial charge in [0.2, 0.25) is 6.79 Å². The van der Waals surface area contributed by atoms with Crippen LogP contribution < -0.4 is 14.8 Å². The molecule has 116 valence electrons. The molecule has 1 heterocycles. The summed E-state index contributed by atoms with van der Waals surface area (Å²) in [7, 11) is 0. The average molecular weight is 354 g/mol. The summed E-state index contributed by atoms with van der Waals surface area (Å²) in [5.41, 5.74) is 1.24. The van der Waals surface area contributed by atoms with Gasteiger partial charge in [0.15, 0.2) is 11.5 Å². The molecule has 0 amide bonds. The van der Waals surface area contributed by atoms with E-state index in [1.807, 2.05) is 0 Å². The molecule has 0 aromatic heterocycles. The summed E-state index contributed by atoms with van der Waals surface area (Å²) in [4.78, 5) is 0. The molecular weight excluding hydrogens is 330 g/mol. The van der Waals surface area contributed by atoms with E-state index in [1.54, 1.807) is 0 Å². The standard InChI is InChI=1S/C17H24BrNO2/c1-12(14-6-4-2-3-5-7-14)19-10-13-8-15(18)17-16(9-13)20-11-21-17/h8-9,12,14,19H,2-7,10-11H2,1H3/t12-/m0/s1. The van der Waals surface area contributed by atoms with Gasteiger partial charge in [0.05, 0.1) is 4.47 Å². The molecule has 0 unspecified atom stereocenters. The van der Waals surface area contributed by atoms with Gasteiger partial charge in [-0.3, -0.25) is 0 Å². The van der Waals surface area contributed by atoms with Crippen LogP contribution in [0.3, 0.4) is 0 Å². The number of benzene rings is 1. The Balaban J connectivity index is 1.58. The Morgan fingerprint density at radius 1 is 1.19 bits per heavy atom. The zero-order chi connectivity index (χ0) is 14.7. The molecule has 3 rings (SSSR count). The highest BCUT2D eigenvalue weighted by atomic mass is 79.9. The number of ether oxygens (including phenoxy) is 2. The van der Waals surface area contributed by atoms with Crippen LogP contribution in [0.2, 0.25) is 0 Å². The maximum atomic E-state index is 5.48. The van der Waals surface area contributed by atoms with Crippen molar-refractivity contribution in [2.75, 3.05) is 6.79 Å². The fraction of sp³-hybridized carbons (Fsp3) is 0.647. The molecule has 1 atom stereocenters. The van der Waals surface area contributed by atoms with Crippen LogP contribution in [0.25, 0.3) is 0 Å². The molecule has 1 aliphatic carbocycles. The van der Waals surface area contributed by atoms with E-state index in [-0.39, 0.29) is 0 Å². The Hall–Kier alpha value is -0.740. The zero-order valence-electron chi connectivity index (χ0n) is 12.7. The SMILES string of the molecule is C[C@H](NCc1cc(Br)c2c(c1)OCO2)C1CCCCCC1. The normalized spacial score (nSPS) is 20.3. The second-order valence-electron chi connectivity index (χ2n) is 6.23. The largest absolute Gasteiger partial charge is 0.454 e. The van der Waals surface area contributed by atoms with Crippen molar-refractivity contribution < 1.29 is 9.47 Å². The van der Waals surface area contributed by atoms with E-state index in [0.29, 0.717) is 12.8 Å². The van der Waals surface area contributed by atoms with Crippen molar-refractivity contribution in [3.05, 3.63) is 22.2 Å². The number of rotatable bonds is 4. The van der Waals surface area contributed by atoms with Gasteiger partial charge >= 0.3 is 0 Å². The van der Waals surface area contributed by atoms with Gasteiger partial charge in [-0.2, -0.15) is 0 Å². The molecule has 1 fully saturated rings. The first-order chi connectivity index (χ1) is 10.2. The Morgan fingerprint density at radius 2 is 1.95 bits per heavy atom. The molecule has 0 spiro atoms. The van der Waals surface area contributed by atoms with Crippen molar-refractivity contribution in [3.63, 3.8) is 0 Å². The second kappa shape index (κ2) is 7.01. The minimum absolute atomic E-state index is 0.323. The summed E-state index contributed by atoms with van der Waals surface area (Å²) >= 11 is 3.56. The number of hydrogen-bond acceptors (Lipinski definition) is 3. The molecule has 1 aliphatic heterocycles. The van der Waals surface area contributed by atoms with E-state index < -0.39 is 0 Å². The highest BCUT2D eigenvalue weighted by Gasteiger charge is 2.20. The third-order valence-electron chi connectivity index (χ3n) is 4.72. The fourth-order valence-electron chi connectivity index (χ4n) is 3.38. The van der Waals surface area contributed by atoms with Gasteiger partial charge in [-0.05, 0) is 59.3 Å². The van der Waals surface area contributed by atoms with Gasteiger partial charge in [0.25, 0.3) is 0 Å². The highest BCUT2D eigenvalue weighted by Crippen LogP contribution is 2.40. The molecule has 1 saturated carbocycles. The van der Waals surface area contributed by atoms with Gasteiger partial charge in [-0.1, -0.05) is 25.7 Å². The summed E-state index contributed by atoms with van der Waals surface area (Å²) < 4.78 is 11.9. The van der Waals surface area contributed by atoms with Crippen LogP contribution in [0.5, 0.6) is 11.5 Å². The van der Waals surface area contributed by atoms with Crippen LogP contribution in [0.15, 0.2) is 16.6 Å².